The molecular formula is C72H54N6. The lowest BCUT2D eigenvalue weighted by atomic mass is 9.94. The van der Waals surface area contributed by atoms with E-state index in [1.165, 1.54) is 104 Å². The number of nitrogens with one attached hydrogen (secondary N) is 1. The van der Waals surface area contributed by atoms with Crippen LogP contribution in [-0.4, -0.2) is 30.2 Å². The lowest BCUT2D eigenvalue weighted by Crippen LogP contribution is -2.41. The van der Waals surface area contributed by atoms with Crippen molar-refractivity contribution < 1.29 is 0 Å². The fourth-order valence-electron chi connectivity index (χ4n) is 13.8. The van der Waals surface area contributed by atoms with Gasteiger partial charge in [0.05, 0.1) is 50.7 Å². The molecule has 0 saturated carbocycles. The van der Waals surface area contributed by atoms with E-state index >= 15 is 0 Å². The topological polar surface area (TPSA) is 35.0 Å². The van der Waals surface area contributed by atoms with Crippen molar-refractivity contribution in [1.82, 2.24) is 28.5 Å². The Morgan fingerprint density at radius 3 is 1.78 bits per heavy atom. The van der Waals surface area contributed by atoms with Gasteiger partial charge in [-0.15, -0.1) is 0 Å². The minimum absolute atomic E-state index is 0.0170. The molecule has 0 radical (unpaired) electrons. The zero-order chi connectivity index (χ0) is 51.6. The fourth-order valence-corrected chi connectivity index (χ4v) is 13.8. The van der Waals surface area contributed by atoms with Crippen molar-refractivity contribution in [2.45, 2.75) is 31.6 Å². The van der Waals surface area contributed by atoms with Crippen molar-refractivity contribution in [3.8, 4) is 17.1 Å². The summed E-state index contributed by atoms with van der Waals surface area (Å²) < 4.78 is 10.2. The monoisotopic (exact) mass is 1000 g/mol. The molecule has 1 N–H and O–H groups in total. The smallest absolute Gasteiger partial charge is 0.106 e. The maximum atomic E-state index is 4.13. The van der Waals surface area contributed by atoms with E-state index in [1.807, 2.05) is 0 Å². The first kappa shape index (κ1) is 44.7. The zero-order valence-electron chi connectivity index (χ0n) is 43.4. The van der Waals surface area contributed by atoms with Crippen molar-refractivity contribution in [1.29, 1.82) is 0 Å². The quantitative estimate of drug-likeness (QED) is 0.173. The summed E-state index contributed by atoms with van der Waals surface area (Å²) in [6, 6.07) is 83.3. The average Bonchev–Trinajstić information content (AvgIpc) is 4.33. The van der Waals surface area contributed by atoms with E-state index in [0.717, 1.165) is 34.7 Å². The van der Waals surface area contributed by atoms with Crippen molar-refractivity contribution in [3.05, 3.63) is 277 Å². The first-order valence-electron chi connectivity index (χ1n) is 27.3. The van der Waals surface area contributed by atoms with Gasteiger partial charge in [-0.1, -0.05) is 176 Å². The number of benzene rings is 10. The number of hydrogen-bond donors (Lipinski definition) is 1. The third-order valence-corrected chi connectivity index (χ3v) is 17.1. The average molecular weight is 1000 g/mol. The molecule has 0 fully saturated rings. The van der Waals surface area contributed by atoms with Gasteiger partial charge >= 0.3 is 0 Å². The van der Waals surface area contributed by atoms with Crippen LogP contribution in [0.5, 0.6) is 0 Å². The van der Waals surface area contributed by atoms with Gasteiger partial charge in [-0.3, -0.25) is 4.90 Å². The predicted octanol–water partition coefficient (Wildman–Crippen LogP) is 17.8. The second-order valence-electron chi connectivity index (χ2n) is 21.3. The Kier molecular flexibility index (Phi) is 10.00. The summed E-state index contributed by atoms with van der Waals surface area (Å²) >= 11 is 0. The number of para-hydroxylation sites is 4. The molecule has 4 aromatic heterocycles. The first-order valence-corrected chi connectivity index (χ1v) is 27.3. The van der Waals surface area contributed by atoms with Crippen LogP contribution in [0.4, 0.5) is 0 Å². The molecule has 0 saturated heterocycles. The Hall–Kier alpha value is -9.62. The molecule has 0 amide bonds. The molecule has 1 aliphatic carbocycles. The maximum Gasteiger partial charge on any atom is 0.106 e. The van der Waals surface area contributed by atoms with Crippen LogP contribution in [0.2, 0.25) is 0 Å². The van der Waals surface area contributed by atoms with E-state index in [4.69, 9.17) is 0 Å². The molecule has 6 nitrogen and oxygen atoms in total. The lowest BCUT2D eigenvalue weighted by molar-refractivity contribution is 0.176. The van der Waals surface area contributed by atoms with Crippen LogP contribution in [0, 0.1) is 6.92 Å². The Morgan fingerprint density at radius 1 is 0.423 bits per heavy atom. The van der Waals surface area contributed by atoms with Crippen molar-refractivity contribution in [2.24, 2.45) is 0 Å². The molecule has 0 bridgehead atoms. The highest BCUT2D eigenvalue weighted by Gasteiger charge is 2.33. The van der Waals surface area contributed by atoms with Gasteiger partial charge in [-0.25, -0.2) is 0 Å². The van der Waals surface area contributed by atoms with Gasteiger partial charge in [0.1, 0.15) is 6.17 Å². The molecule has 16 rings (SSSR count). The molecular weight excluding hydrogens is 949 g/mol. The lowest BCUT2D eigenvalue weighted by Gasteiger charge is -2.40. The van der Waals surface area contributed by atoms with Crippen LogP contribution in [0.25, 0.3) is 110 Å². The van der Waals surface area contributed by atoms with Crippen LogP contribution in [-0.2, 0) is 0 Å². The second-order valence-corrected chi connectivity index (χ2v) is 21.3. The molecule has 2 aliphatic rings. The highest BCUT2D eigenvalue weighted by molar-refractivity contribution is 6.29. The number of likely N-dealkylation sites (N-methyl/N-ethyl adjacent to an activating group) is 1. The molecule has 10 aromatic carbocycles. The van der Waals surface area contributed by atoms with E-state index in [0.29, 0.717) is 0 Å². The van der Waals surface area contributed by atoms with E-state index < -0.39 is 0 Å². The van der Waals surface area contributed by atoms with Gasteiger partial charge in [-0.2, -0.15) is 0 Å². The number of allylic oxidation sites excluding steroid dienone is 4. The molecule has 14 aromatic rings. The van der Waals surface area contributed by atoms with E-state index in [2.05, 4.69) is 297 Å². The van der Waals surface area contributed by atoms with Crippen molar-refractivity contribution in [2.75, 3.05) is 7.05 Å². The van der Waals surface area contributed by atoms with Crippen LogP contribution in [0.15, 0.2) is 255 Å². The summed E-state index contributed by atoms with van der Waals surface area (Å²) in [6.07, 6.45) is 12.4. The van der Waals surface area contributed by atoms with Gasteiger partial charge in [0.25, 0.3) is 0 Å². The molecule has 6 heteroatoms. The molecule has 0 spiro atoms. The molecule has 3 atom stereocenters. The Balaban J connectivity index is 1.01. The molecule has 3 unspecified atom stereocenters. The number of nitrogens with zero attached hydrogens (tertiary/aromatic N) is 5. The van der Waals surface area contributed by atoms with Crippen LogP contribution in [0.1, 0.15) is 46.9 Å². The summed E-state index contributed by atoms with van der Waals surface area (Å²) in [5.41, 5.74) is 19.0. The zero-order valence-corrected chi connectivity index (χ0v) is 43.4. The third kappa shape index (κ3) is 6.53. The van der Waals surface area contributed by atoms with Crippen molar-refractivity contribution in [3.63, 3.8) is 0 Å². The molecule has 372 valence electrons. The van der Waals surface area contributed by atoms with Crippen LogP contribution < -0.4 is 5.32 Å². The first-order chi connectivity index (χ1) is 38.6. The molecule has 1 aliphatic heterocycles. The van der Waals surface area contributed by atoms with E-state index in [-0.39, 0.29) is 18.2 Å². The third-order valence-electron chi connectivity index (χ3n) is 17.1. The van der Waals surface area contributed by atoms with E-state index in [9.17, 15) is 0 Å². The number of aromatic nitrogens is 4. The standard InChI is InChI=1S/C72H54N6/c1-46-43-65-69(67-55(35-22-38-62(67)75(65)49-27-12-5-13-28-49)58-45-64(47-23-8-3-9-24-47)74(2)72(73-58)48-25-10-4-11-26-48)71-66(46)57-44-52(39-41-61(57)78(71)51-31-16-7-17-32-51)76-60-37-21-19-34-56(60)68-63(76)42-40-54-53-33-18-20-36-59(53)77(70(54)68)50-29-14-6-15-30-50/h3-29,31-45,50,64,72-73H,30H2,1-2H3. The predicted molar refractivity (Wildman–Crippen MR) is 326 cm³/mol. The normalized spacial score (nSPS) is 16.9. The number of hydrogen-bond acceptors (Lipinski definition) is 2. The van der Waals surface area contributed by atoms with Gasteiger partial charge in [0.15, 0.2) is 0 Å². The second kappa shape index (κ2) is 17.5. The highest BCUT2D eigenvalue weighted by atomic mass is 15.3. The summed E-state index contributed by atoms with van der Waals surface area (Å²) in [7, 11) is 2.24. The molecule has 78 heavy (non-hydrogen) atoms. The van der Waals surface area contributed by atoms with Gasteiger partial charge in [0.2, 0.25) is 0 Å². The highest BCUT2D eigenvalue weighted by Crippen LogP contribution is 2.49. The number of aryl methyl sites for hydroxylation is 1. The summed E-state index contributed by atoms with van der Waals surface area (Å²) in [4.78, 5) is 2.46. The van der Waals surface area contributed by atoms with Gasteiger partial charge in [0, 0.05) is 76.9 Å². The SMILES string of the molecule is Cc1cc2c(c3c(C4=CC(c5ccccc5)N(C)C(c5ccccc5)N4)cccc3n2-c2ccccc2)c2c1c1cc(-n3c4ccccc4c4c3ccc3c5ccccc5n(C5C=CC=CC5)c34)ccc1n2-c1ccccc1. The number of fused-ring (bicyclic) bond motifs is 14. The summed E-state index contributed by atoms with van der Waals surface area (Å²) in [6.45, 7) is 2.32. The van der Waals surface area contributed by atoms with Crippen LogP contribution in [0.3, 0.4) is 0 Å². The summed E-state index contributed by atoms with van der Waals surface area (Å²) in [5, 5.41) is 14.1. The maximum absolute atomic E-state index is 4.13. The number of rotatable bonds is 7. The molecule has 5 heterocycles. The minimum atomic E-state index is -0.0767. The summed E-state index contributed by atoms with van der Waals surface area (Å²) in [5.74, 6) is 0. The van der Waals surface area contributed by atoms with Crippen molar-refractivity contribution >= 4 is 92.9 Å². The largest absolute Gasteiger partial charge is 0.366 e. The van der Waals surface area contributed by atoms with Gasteiger partial charge in [-0.05, 0) is 116 Å². The Bertz CT molecular complexity index is 4820. The Morgan fingerprint density at radius 2 is 1.04 bits per heavy atom. The fraction of sp³-hybridized carbons (Fsp3) is 0.0833. The van der Waals surface area contributed by atoms with Crippen LogP contribution >= 0.6 is 0 Å². The minimum Gasteiger partial charge on any atom is -0.366 e. The van der Waals surface area contributed by atoms with E-state index in [1.54, 1.807) is 0 Å². The Labute approximate surface area is 451 Å². The van der Waals surface area contributed by atoms with Gasteiger partial charge < -0.3 is 23.6 Å².